The number of carbonyl (C=O) groups is 1. The highest BCUT2D eigenvalue weighted by Crippen LogP contribution is 2.46. The van der Waals surface area contributed by atoms with Crippen LogP contribution in [-0.2, 0) is 30.6 Å². The third kappa shape index (κ3) is 3.97. The maximum absolute atomic E-state index is 13.0. The van der Waals surface area contributed by atoms with Crippen LogP contribution in [0.2, 0.25) is 5.02 Å². The molecular formula is C15H17ClF3N5O. The molecule has 136 valence electrons. The summed E-state index contributed by atoms with van der Waals surface area (Å²) in [6.07, 6.45) is -1.36. The lowest BCUT2D eigenvalue weighted by molar-refractivity contribution is -0.141. The molecule has 1 fully saturated rings. The van der Waals surface area contributed by atoms with Gasteiger partial charge in [-0.05, 0) is 25.8 Å². The zero-order chi connectivity index (χ0) is 18.2. The van der Waals surface area contributed by atoms with E-state index < -0.39 is 22.8 Å². The van der Waals surface area contributed by atoms with Gasteiger partial charge >= 0.3 is 6.18 Å². The van der Waals surface area contributed by atoms with E-state index in [2.05, 4.69) is 15.5 Å². The smallest absolute Gasteiger partial charge is 0.349 e. The van der Waals surface area contributed by atoms with Gasteiger partial charge < -0.3 is 5.32 Å². The maximum atomic E-state index is 13.0. The Kier molecular flexibility index (Phi) is 4.77. The van der Waals surface area contributed by atoms with Crippen molar-refractivity contribution in [3.63, 3.8) is 0 Å². The van der Waals surface area contributed by atoms with Crippen LogP contribution in [0.15, 0.2) is 12.3 Å². The number of nitrogens with zero attached hydrogens (tertiary/aromatic N) is 4. The number of halogens is 4. The molecule has 1 saturated carbocycles. The molecule has 1 amide bonds. The SMILES string of the molecule is CCn1ccc(CNC(=O)Cn2nc(C(F)(F)F)c(Cl)c2C2CC2)n1. The summed E-state index contributed by atoms with van der Waals surface area (Å²) in [4.78, 5) is 12.1. The molecule has 2 heterocycles. The van der Waals surface area contributed by atoms with Crippen LogP contribution in [0.4, 0.5) is 13.2 Å². The fourth-order valence-electron chi connectivity index (χ4n) is 2.56. The normalized spacial score (nSPS) is 14.8. The molecule has 6 nitrogen and oxygen atoms in total. The lowest BCUT2D eigenvalue weighted by Crippen LogP contribution is -2.28. The van der Waals surface area contributed by atoms with Crippen molar-refractivity contribution in [3.05, 3.63) is 34.4 Å². The second-order valence-electron chi connectivity index (χ2n) is 5.92. The molecule has 0 spiro atoms. The summed E-state index contributed by atoms with van der Waals surface area (Å²) in [6, 6.07) is 1.77. The van der Waals surface area contributed by atoms with Crippen LogP contribution in [0, 0.1) is 0 Å². The molecule has 0 radical (unpaired) electrons. The van der Waals surface area contributed by atoms with E-state index >= 15 is 0 Å². The van der Waals surface area contributed by atoms with Crippen molar-refractivity contribution in [2.75, 3.05) is 0 Å². The molecule has 1 aliphatic carbocycles. The lowest BCUT2D eigenvalue weighted by atomic mass is 10.2. The van der Waals surface area contributed by atoms with Gasteiger partial charge in [0.25, 0.3) is 0 Å². The molecule has 0 unspecified atom stereocenters. The molecule has 25 heavy (non-hydrogen) atoms. The van der Waals surface area contributed by atoms with E-state index in [9.17, 15) is 18.0 Å². The number of hydrogen-bond acceptors (Lipinski definition) is 3. The molecule has 0 saturated heterocycles. The third-order valence-corrected chi connectivity index (χ3v) is 4.32. The summed E-state index contributed by atoms with van der Waals surface area (Å²) in [5, 5.41) is 10.00. The Morgan fingerprint density at radius 1 is 1.40 bits per heavy atom. The predicted molar refractivity (Wildman–Crippen MR) is 84.0 cm³/mol. The Morgan fingerprint density at radius 3 is 2.68 bits per heavy atom. The number of nitrogens with one attached hydrogen (secondary N) is 1. The number of aryl methyl sites for hydroxylation is 1. The van der Waals surface area contributed by atoms with Gasteiger partial charge in [0.1, 0.15) is 6.54 Å². The second kappa shape index (κ2) is 6.70. The molecule has 1 N–H and O–H groups in total. The fraction of sp³-hybridized carbons (Fsp3) is 0.533. The Labute approximate surface area is 146 Å². The first kappa shape index (κ1) is 17.8. The van der Waals surface area contributed by atoms with Gasteiger partial charge in [0, 0.05) is 18.7 Å². The lowest BCUT2D eigenvalue weighted by Gasteiger charge is -2.07. The van der Waals surface area contributed by atoms with Crippen LogP contribution < -0.4 is 5.32 Å². The van der Waals surface area contributed by atoms with Crippen LogP contribution in [0.5, 0.6) is 0 Å². The van der Waals surface area contributed by atoms with E-state index in [1.807, 2.05) is 6.92 Å². The molecule has 1 aliphatic rings. The highest BCUT2D eigenvalue weighted by molar-refractivity contribution is 6.32. The van der Waals surface area contributed by atoms with E-state index in [1.165, 1.54) is 0 Å². The Balaban J connectivity index is 1.70. The summed E-state index contributed by atoms with van der Waals surface area (Å²) in [5.41, 5.74) is -0.169. The molecule has 2 aromatic rings. The van der Waals surface area contributed by atoms with Gasteiger partial charge in [-0.2, -0.15) is 23.4 Å². The van der Waals surface area contributed by atoms with Gasteiger partial charge in [0.2, 0.25) is 5.91 Å². The minimum absolute atomic E-state index is 0.0656. The van der Waals surface area contributed by atoms with Gasteiger partial charge in [0.15, 0.2) is 5.69 Å². The van der Waals surface area contributed by atoms with Gasteiger partial charge in [-0.3, -0.25) is 14.2 Å². The van der Waals surface area contributed by atoms with E-state index in [1.54, 1.807) is 16.9 Å². The van der Waals surface area contributed by atoms with Crippen molar-refractivity contribution in [1.29, 1.82) is 0 Å². The highest BCUT2D eigenvalue weighted by Gasteiger charge is 2.42. The largest absolute Gasteiger partial charge is 0.436 e. The minimum atomic E-state index is -4.64. The summed E-state index contributed by atoms with van der Waals surface area (Å²) < 4.78 is 41.8. The van der Waals surface area contributed by atoms with Crippen LogP contribution >= 0.6 is 11.6 Å². The zero-order valence-corrected chi connectivity index (χ0v) is 14.2. The monoisotopic (exact) mass is 375 g/mol. The number of rotatable bonds is 6. The molecular weight excluding hydrogens is 359 g/mol. The van der Waals surface area contributed by atoms with Crippen LogP contribution in [-0.4, -0.2) is 25.5 Å². The number of hydrogen-bond donors (Lipinski definition) is 1. The van der Waals surface area contributed by atoms with Crippen molar-refractivity contribution in [3.8, 4) is 0 Å². The molecule has 0 bridgehead atoms. The summed E-state index contributed by atoms with van der Waals surface area (Å²) in [6.45, 7) is 2.54. The average Bonchev–Trinajstić information content (AvgIpc) is 3.16. The van der Waals surface area contributed by atoms with Crippen molar-refractivity contribution in [2.24, 2.45) is 0 Å². The summed E-state index contributed by atoms with van der Waals surface area (Å²) in [7, 11) is 0. The topological polar surface area (TPSA) is 64.7 Å². The van der Waals surface area contributed by atoms with Crippen molar-refractivity contribution < 1.29 is 18.0 Å². The van der Waals surface area contributed by atoms with Crippen molar-refractivity contribution in [1.82, 2.24) is 24.9 Å². The number of alkyl halides is 3. The second-order valence-corrected chi connectivity index (χ2v) is 6.29. The number of amides is 1. The average molecular weight is 376 g/mol. The molecule has 2 aromatic heterocycles. The van der Waals surface area contributed by atoms with E-state index in [4.69, 9.17) is 11.6 Å². The van der Waals surface area contributed by atoms with Gasteiger partial charge in [-0.25, -0.2) is 0 Å². The van der Waals surface area contributed by atoms with E-state index in [0.29, 0.717) is 17.9 Å². The molecule has 0 aromatic carbocycles. The van der Waals surface area contributed by atoms with Crippen molar-refractivity contribution in [2.45, 2.75) is 51.5 Å². The van der Waals surface area contributed by atoms with Gasteiger partial charge in [-0.15, -0.1) is 0 Å². The van der Waals surface area contributed by atoms with Crippen LogP contribution in [0.3, 0.4) is 0 Å². The summed E-state index contributed by atoms with van der Waals surface area (Å²) in [5.74, 6) is -0.509. The van der Waals surface area contributed by atoms with E-state index in [0.717, 1.165) is 17.5 Å². The standard InChI is InChI=1S/C15H17ClF3N5O/c1-2-23-6-5-10(21-23)7-20-11(25)8-24-13(9-3-4-9)12(16)14(22-24)15(17,18)19/h5-6,9H,2-4,7-8H2,1H3,(H,20,25). The maximum Gasteiger partial charge on any atom is 0.436 e. The quantitative estimate of drug-likeness (QED) is 0.844. The Hall–Kier alpha value is -2.03. The first-order valence-corrected chi connectivity index (χ1v) is 8.29. The fourth-order valence-corrected chi connectivity index (χ4v) is 2.95. The summed E-state index contributed by atoms with van der Waals surface area (Å²) >= 11 is 5.88. The van der Waals surface area contributed by atoms with Gasteiger partial charge in [0.05, 0.1) is 23.0 Å². The van der Waals surface area contributed by atoms with Crippen molar-refractivity contribution >= 4 is 17.5 Å². The predicted octanol–water partition coefficient (Wildman–Crippen LogP) is 2.97. The molecule has 3 rings (SSSR count). The van der Waals surface area contributed by atoms with Crippen LogP contribution in [0.25, 0.3) is 0 Å². The zero-order valence-electron chi connectivity index (χ0n) is 13.5. The molecule has 10 heteroatoms. The Bertz CT molecular complexity index is 779. The Morgan fingerprint density at radius 2 is 2.12 bits per heavy atom. The first-order valence-electron chi connectivity index (χ1n) is 7.92. The highest BCUT2D eigenvalue weighted by atomic mass is 35.5. The van der Waals surface area contributed by atoms with Gasteiger partial charge in [-0.1, -0.05) is 11.6 Å². The molecule has 0 atom stereocenters. The van der Waals surface area contributed by atoms with Crippen LogP contribution in [0.1, 0.15) is 42.8 Å². The number of aromatic nitrogens is 4. The number of carbonyl (C=O) groups excluding carboxylic acids is 1. The van der Waals surface area contributed by atoms with E-state index in [-0.39, 0.29) is 19.0 Å². The minimum Gasteiger partial charge on any atom is -0.349 e. The third-order valence-electron chi connectivity index (χ3n) is 3.94. The first-order chi connectivity index (χ1) is 11.8. The molecule has 0 aliphatic heterocycles.